The van der Waals surface area contributed by atoms with Gasteiger partial charge in [-0.3, -0.25) is 4.79 Å². The number of carbonyl (C=O) groups excluding carboxylic acids is 1. The summed E-state index contributed by atoms with van der Waals surface area (Å²) in [5, 5.41) is 8.16. The van der Waals surface area contributed by atoms with Gasteiger partial charge in [0.2, 0.25) is 0 Å². The highest BCUT2D eigenvalue weighted by Crippen LogP contribution is 2.28. The second-order valence-electron chi connectivity index (χ2n) is 6.34. The summed E-state index contributed by atoms with van der Waals surface area (Å²) in [5.41, 5.74) is 2.22. The van der Waals surface area contributed by atoms with Crippen molar-refractivity contribution in [3.63, 3.8) is 0 Å². The predicted molar refractivity (Wildman–Crippen MR) is 93.0 cm³/mol. The zero-order valence-corrected chi connectivity index (χ0v) is 14.1. The number of halogens is 2. The van der Waals surface area contributed by atoms with E-state index in [2.05, 4.69) is 20.1 Å². The van der Waals surface area contributed by atoms with Gasteiger partial charge in [0.15, 0.2) is 0 Å². The Morgan fingerprint density at radius 3 is 2.63 bits per heavy atom. The van der Waals surface area contributed by atoms with Gasteiger partial charge >= 0.3 is 0 Å². The molecule has 1 aromatic carbocycles. The summed E-state index contributed by atoms with van der Waals surface area (Å²) in [6, 6.07) is 8.25. The van der Waals surface area contributed by atoms with Crippen molar-refractivity contribution in [3.8, 4) is 5.69 Å². The second-order valence-corrected chi connectivity index (χ2v) is 6.34. The number of piperidine rings is 1. The molecule has 2 aromatic heterocycles. The predicted octanol–water partition coefficient (Wildman–Crippen LogP) is 3.24. The molecule has 1 saturated heterocycles. The van der Waals surface area contributed by atoms with Crippen LogP contribution < -0.4 is 0 Å². The quantitative estimate of drug-likeness (QED) is 0.651. The first-order valence-corrected chi connectivity index (χ1v) is 8.33. The minimum absolute atomic E-state index is 0.0373. The zero-order valence-electron chi connectivity index (χ0n) is 14.1. The fourth-order valence-electron chi connectivity index (χ4n) is 3.04. The molecule has 1 aliphatic heterocycles. The molecule has 4 rings (SSSR count). The third-order valence-corrected chi connectivity index (χ3v) is 4.57. The number of alkyl halides is 2. The number of benzene rings is 1. The van der Waals surface area contributed by atoms with E-state index in [1.165, 1.54) is 11.1 Å². The maximum absolute atomic E-state index is 13.3. The molecule has 0 unspecified atom stereocenters. The van der Waals surface area contributed by atoms with Crippen LogP contribution in [0.1, 0.15) is 23.2 Å². The molecule has 0 radical (unpaired) electrons. The van der Waals surface area contributed by atoms with Crippen LogP contribution in [-0.4, -0.2) is 49.8 Å². The highest BCUT2D eigenvalue weighted by molar-refractivity contribution is 5.97. The maximum Gasteiger partial charge on any atom is 0.269 e. The summed E-state index contributed by atoms with van der Waals surface area (Å²) in [6.07, 6.45) is 0.893. The highest BCUT2D eigenvalue weighted by atomic mass is 19.3. The summed E-state index contributed by atoms with van der Waals surface area (Å²) >= 11 is 0. The molecule has 0 bridgehead atoms. The molecule has 3 aromatic rings. The lowest BCUT2D eigenvalue weighted by Gasteiger charge is -2.31. The molecule has 0 N–H and O–H groups in total. The first-order valence-electron chi connectivity index (χ1n) is 8.33. The number of rotatable bonds is 2. The molecule has 27 heavy (non-hydrogen) atoms. The van der Waals surface area contributed by atoms with E-state index in [1.54, 1.807) is 35.0 Å². The smallest absolute Gasteiger partial charge is 0.269 e. The summed E-state index contributed by atoms with van der Waals surface area (Å²) in [4.78, 5) is 21.3. The van der Waals surface area contributed by atoms with Gasteiger partial charge in [-0.2, -0.15) is 0 Å². The van der Waals surface area contributed by atoms with E-state index in [-0.39, 0.29) is 37.7 Å². The van der Waals surface area contributed by atoms with Crippen LogP contribution in [0.4, 0.5) is 14.6 Å². The van der Waals surface area contributed by atoms with Gasteiger partial charge in [0.25, 0.3) is 17.6 Å². The minimum Gasteiger partial charge on any atom is -0.361 e. The first-order chi connectivity index (χ1) is 13.0. The molecule has 1 amide bonds. The van der Waals surface area contributed by atoms with Crippen LogP contribution in [0.25, 0.3) is 21.6 Å². The third kappa shape index (κ3) is 3.21. The molecule has 1 aliphatic rings. The number of aromatic nitrogens is 4. The number of pyridine rings is 1. The summed E-state index contributed by atoms with van der Waals surface area (Å²) in [6.45, 7) is 7.01. The Labute approximate surface area is 153 Å². The fraction of sp³-hybridized carbons (Fsp3) is 0.278. The summed E-state index contributed by atoms with van der Waals surface area (Å²) < 4.78 is 28.1. The number of fused-ring (bicyclic) bond motifs is 1. The fourth-order valence-corrected chi connectivity index (χ4v) is 3.04. The van der Waals surface area contributed by atoms with Gasteiger partial charge in [0.1, 0.15) is 17.4 Å². The SMILES string of the molecule is [C-]#[N+]c1ccc(-n2nnc3cc(C(=O)N4CCC(F)(F)CC4)ccc32)cn1. The molecule has 0 aliphatic carbocycles. The monoisotopic (exact) mass is 368 g/mol. The Bertz CT molecular complexity index is 1040. The average molecular weight is 368 g/mol. The first kappa shape index (κ1) is 17.0. The van der Waals surface area contributed by atoms with Gasteiger partial charge < -0.3 is 9.74 Å². The lowest BCUT2D eigenvalue weighted by Crippen LogP contribution is -2.42. The molecule has 7 nitrogen and oxygen atoms in total. The van der Waals surface area contributed by atoms with Crippen LogP contribution in [0.3, 0.4) is 0 Å². The molecule has 136 valence electrons. The van der Waals surface area contributed by atoms with Crippen molar-refractivity contribution in [2.75, 3.05) is 13.1 Å². The van der Waals surface area contributed by atoms with E-state index in [4.69, 9.17) is 6.57 Å². The van der Waals surface area contributed by atoms with Gasteiger partial charge in [-0.1, -0.05) is 11.8 Å². The standard InChI is InChI=1S/C18H14F2N6O/c1-21-16-5-3-13(11-22-16)26-15-4-2-12(10-14(15)23-24-26)17(27)25-8-6-18(19,20)7-9-25/h2-5,10-11H,6-9H2. The van der Waals surface area contributed by atoms with Crippen molar-refractivity contribution in [2.45, 2.75) is 18.8 Å². The van der Waals surface area contributed by atoms with Crippen molar-refractivity contribution in [2.24, 2.45) is 0 Å². The van der Waals surface area contributed by atoms with Crippen LogP contribution in [0.2, 0.25) is 0 Å². The average Bonchev–Trinajstić information content (AvgIpc) is 3.10. The zero-order chi connectivity index (χ0) is 19.0. The number of likely N-dealkylation sites (tertiary alicyclic amines) is 1. The Morgan fingerprint density at radius 2 is 1.96 bits per heavy atom. The summed E-state index contributed by atoms with van der Waals surface area (Å²) in [5.74, 6) is -2.70. The van der Waals surface area contributed by atoms with Gasteiger partial charge in [-0.05, 0) is 30.3 Å². The number of hydrogen-bond acceptors (Lipinski definition) is 4. The van der Waals surface area contributed by atoms with Crippen LogP contribution in [0.5, 0.6) is 0 Å². The molecule has 9 heteroatoms. The Kier molecular flexibility index (Phi) is 4.03. The van der Waals surface area contributed by atoms with Crippen molar-refractivity contribution in [1.82, 2.24) is 24.9 Å². The molecular weight excluding hydrogens is 354 g/mol. The Morgan fingerprint density at radius 1 is 1.19 bits per heavy atom. The van der Waals surface area contributed by atoms with Crippen LogP contribution in [0, 0.1) is 6.57 Å². The van der Waals surface area contributed by atoms with E-state index in [0.29, 0.717) is 22.3 Å². The minimum atomic E-state index is -2.69. The van der Waals surface area contributed by atoms with Crippen molar-refractivity contribution < 1.29 is 13.6 Å². The summed E-state index contributed by atoms with van der Waals surface area (Å²) in [7, 11) is 0. The molecule has 3 heterocycles. The Hall–Kier alpha value is -3.41. The topological polar surface area (TPSA) is 68.3 Å². The van der Waals surface area contributed by atoms with Crippen LogP contribution in [-0.2, 0) is 0 Å². The van der Waals surface area contributed by atoms with Crippen molar-refractivity contribution >= 4 is 22.8 Å². The van der Waals surface area contributed by atoms with Gasteiger partial charge in [0.05, 0.1) is 5.52 Å². The van der Waals surface area contributed by atoms with Gasteiger partial charge in [0, 0.05) is 31.5 Å². The van der Waals surface area contributed by atoms with Crippen LogP contribution >= 0.6 is 0 Å². The van der Waals surface area contributed by atoms with Gasteiger partial charge in [-0.25, -0.2) is 13.5 Å². The lowest BCUT2D eigenvalue weighted by molar-refractivity contribution is -0.0494. The highest BCUT2D eigenvalue weighted by Gasteiger charge is 2.35. The largest absolute Gasteiger partial charge is 0.361 e. The second kappa shape index (κ2) is 6.39. The van der Waals surface area contributed by atoms with Crippen molar-refractivity contribution in [1.29, 1.82) is 0 Å². The third-order valence-electron chi connectivity index (χ3n) is 4.57. The number of hydrogen-bond donors (Lipinski definition) is 0. The molecule has 0 spiro atoms. The molecule has 0 saturated carbocycles. The van der Waals surface area contributed by atoms with Gasteiger partial charge in [-0.15, -0.1) is 10.1 Å². The number of carbonyl (C=O) groups is 1. The van der Waals surface area contributed by atoms with Crippen molar-refractivity contribution in [3.05, 3.63) is 53.5 Å². The van der Waals surface area contributed by atoms with E-state index >= 15 is 0 Å². The Balaban J connectivity index is 1.60. The number of nitrogens with zero attached hydrogens (tertiary/aromatic N) is 6. The number of amides is 1. The molecular formula is C18H14F2N6O. The van der Waals surface area contributed by atoms with E-state index < -0.39 is 5.92 Å². The van der Waals surface area contributed by atoms with Crippen LogP contribution in [0.15, 0.2) is 36.5 Å². The maximum atomic E-state index is 13.3. The molecule has 1 fully saturated rings. The molecule has 0 atom stereocenters. The van der Waals surface area contributed by atoms with E-state index in [9.17, 15) is 13.6 Å². The van der Waals surface area contributed by atoms with E-state index in [1.807, 2.05) is 0 Å². The lowest BCUT2D eigenvalue weighted by atomic mass is 10.1. The van der Waals surface area contributed by atoms with E-state index in [0.717, 1.165) is 0 Å². The normalized spacial score (nSPS) is 16.3.